The second kappa shape index (κ2) is 10.2. The van der Waals surface area contributed by atoms with E-state index >= 15 is 0 Å². The molecule has 2 heterocycles. The van der Waals surface area contributed by atoms with Crippen LogP contribution < -0.4 is 16.0 Å². The zero-order valence-corrected chi connectivity index (χ0v) is 17.4. The Balaban J connectivity index is 1.34. The van der Waals surface area contributed by atoms with Crippen molar-refractivity contribution in [3.05, 3.63) is 47.4 Å². The maximum atomic E-state index is 12.7. The molecule has 2 aromatic rings. The fraction of sp³-hybridized carbons (Fsp3) is 0.455. The van der Waals surface area contributed by atoms with Crippen molar-refractivity contribution in [2.45, 2.75) is 18.9 Å². The van der Waals surface area contributed by atoms with E-state index in [4.69, 9.17) is 0 Å². The summed E-state index contributed by atoms with van der Waals surface area (Å²) in [5.41, 5.74) is 2.43. The molecule has 1 aromatic carbocycles. The minimum absolute atomic E-state index is 0.0208. The second-order valence-corrected chi connectivity index (χ2v) is 7.93. The summed E-state index contributed by atoms with van der Waals surface area (Å²) in [5.74, 6) is -0.0234. The minimum atomic E-state index is -0.416. The number of benzene rings is 1. The van der Waals surface area contributed by atoms with Crippen molar-refractivity contribution in [2.24, 2.45) is 5.92 Å². The van der Waals surface area contributed by atoms with Gasteiger partial charge in [-0.25, -0.2) is 0 Å². The molecule has 0 spiro atoms. The van der Waals surface area contributed by atoms with Crippen LogP contribution in [0.3, 0.4) is 0 Å². The van der Waals surface area contributed by atoms with E-state index in [1.54, 1.807) is 0 Å². The number of carbonyl (C=O) groups excluding carboxylic acids is 1. The first-order valence-corrected chi connectivity index (χ1v) is 10.7. The summed E-state index contributed by atoms with van der Waals surface area (Å²) >= 11 is 0. The fourth-order valence-corrected chi connectivity index (χ4v) is 3.75. The highest BCUT2D eigenvalue weighted by molar-refractivity contribution is 6.01. The van der Waals surface area contributed by atoms with Gasteiger partial charge in [0.2, 0.25) is 0 Å². The molecule has 0 bridgehead atoms. The highest BCUT2D eigenvalue weighted by Crippen LogP contribution is 2.41. The minimum Gasteiger partial charge on any atom is -0.384 e. The van der Waals surface area contributed by atoms with E-state index in [1.165, 1.54) is 12.3 Å². The molecule has 4 rings (SSSR count). The smallest absolute Gasteiger partial charge is 0.262 e. The van der Waals surface area contributed by atoms with E-state index < -0.39 is 5.91 Å². The molecule has 1 aliphatic heterocycles. The summed E-state index contributed by atoms with van der Waals surface area (Å²) in [6, 6.07) is 10.0. The molecule has 1 aliphatic carbocycles. The van der Waals surface area contributed by atoms with Crippen molar-refractivity contribution in [3.8, 4) is 6.07 Å². The summed E-state index contributed by atoms with van der Waals surface area (Å²) < 4.78 is 4.65. The third kappa shape index (κ3) is 5.90. The molecule has 1 unspecified atom stereocenters. The van der Waals surface area contributed by atoms with Crippen LogP contribution in [0.2, 0.25) is 0 Å². The van der Waals surface area contributed by atoms with Gasteiger partial charge >= 0.3 is 0 Å². The van der Waals surface area contributed by atoms with Crippen LogP contribution in [0, 0.1) is 17.2 Å². The zero-order chi connectivity index (χ0) is 21.5. The van der Waals surface area contributed by atoms with Gasteiger partial charge in [-0.1, -0.05) is 12.1 Å². The number of aromatic nitrogens is 2. The van der Waals surface area contributed by atoms with Crippen molar-refractivity contribution < 1.29 is 9.32 Å². The predicted molar refractivity (Wildman–Crippen MR) is 116 cm³/mol. The van der Waals surface area contributed by atoms with Crippen LogP contribution in [0.1, 0.15) is 30.1 Å². The van der Waals surface area contributed by atoms with Crippen molar-refractivity contribution in [3.63, 3.8) is 0 Å². The van der Waals surface area contributed by atoms with Crippen LogP contribution in [0.5, 0.6) is 0 Å². The topological polar surface area (TPSA) is 119 Å². The van der Waals surface area contributed by atoms with Crippen LogP contribution in [-0.2, 0) is 4.79 Å². The summed E-state index contributed by atoms with van der Waals surface area (Å²) in [6.07, 6.45) is 4.79. The molecule has 9 heteroatoms. The van der Waals surface area contributed by atoms with Crippen LogP contribution in [-0.4, -0.2) is 60.4 Å². The number of amides is 1. The van der Waals surface area contributed by atoms with Gasteiger partial charge in [-0.05, 0) is 42.5 Å². The highest BCUT2D eigenvalue weighted by atomic mass is 16.5. The Hall–Kier alpha value is -3.22. The molecule has 1 aromatic heterocycles. The molecular weight excluding hydrogens is 394 g/mol. The number of hydrogen-bond acceptors (Lipinski definition) is 8. The molecule has 9 nitrogen and oxygen atoms in total. The van der Waals surface area contributed by atoms with Crippen molar-refractivity contribution in [1.29, 1.82) is 5.26 Å². The summed E-state index contributed by atoms with van der Waals surface area (Å²) in [7, 11) is 0. The van der Waals surface area contributed by atoms with Gasteiger partial charge in [0.05, 0.1) is 6.04 Å². The Morgan fingerprint density at radius 3 is 2.74 bits per heavy atom. The lowest BCUT2D eigenvalue weighted by Crippen LogP contribution is -2.45. The first-order chi connectivity index (χ1) is 15.2. The van der Waals surface area contributed by atoms with Gasteiger partial charge in [-0.3, -0.25) is 9.69 Å². The Labute approximate surface area is 181 Å². The van der Waals surface area contributed by atoms with Gasteiger partial charge in [-0.2, -0.15) is 5.26 Å². The Kier molecular flexibility index (Phi) is 6.92. The van der Waals surface area contributed by atoms with Gasteiger partial charge in [0.25, 0.3) is 5.91 Å². The van der Waals surface area contributed by atoms with Crippen LogP contribution >= 0.6 is 0 Å². The third-order valence-corrected chi connectivity index (χ3v) is 5.65. The number of nitrogens with zero attached hydrogens (tertiary/aromatic N) is 4. The molecule has 1 saturated heterocycles. The van der Waals surface area contributed by atoms with Gasteiger partial charge in [0.1, 0.15) is 17.3 Å². The molecule has 31 heavy (non-hydrogen) atoms. The number of anilines is 1. The quantitative estimate of drug-likeness (QED) is 0.412. The Morgan fingerprint density at radius 1 is 1.32 bits per heavy atom. The molecule has 2 fully saturated rings. The molecule has 1 saturated carbocycles. The molecule has 1 atom stereocenters. The lowest BCUT2D eigenvalue weighted by Gasteiger charge is -2.27. The van der Waals surface area contributed by atoms with E-state index in [0.717, 1.165) is 63.4 Å². The zero-order valence-electron chi connectivity index (χ0n) is 17.4. The van der Waals surface area contributed by atoms with Crippen LogP contribution in [0.4, 0.5) is 5.69 Å². The maximum Gasteiger partial charge on any atom is 0.262 e. The molecule has 162 valence electrons. The van der Waals surface area contributed by atoms with E-state index in [1.807, 2.05) is 18.2 Å². The van der Waals surface area contributed by atoms with Gasteiger partial charge < -0.3 is 20.5 Å². The SMILES string of the molecule is N#CC(=Cc1conn1)C(=O)NC(c1ccc(NCCN2CCNCC2)cc1)C1CC1. The fourth-order valence-electron chi connectivity index (χ4n) is 3.75. The van der Waals surface area contributed by atoms with Crippen molar-refractivity contribution in [2.75, 3.05) is 44.6 Å². The molecule has 1 amide bonds. The number of hydrogen-bond donors (Lipinski definition) is 3. The predicted octanol–water partition coefficient (Wildman–Crippen LogP) is 1.56. The number of rotatable bonds is 9. The van der Waals surface area contributed by atoms with Crippen molar-refractivity contribution >= 4 is 17.7 Å². The Bertz CT molecular complexity index is 924. The van der Waals surface area contributed by atoms with Gasteiger partial charge in [0.15, 0.2) is 6.26 Å². The second-order valence-electron chi connectivity index (χ2n) is 7.93. The first-order valence-electron chi connectivity index (χ1n) is 10.7. The first kappa shape index (κ1) is 21.0. The number of nitriles is 1. The van der Waals surface area contributed by atoms with Crippen molar-refractivity contribution in [1.82, 2.24) is 25.9 Å². The maximum absolute atomic E-state index is 12.7. The standard InChI is InChI=1S/C22H27N7O2/c23-14-18(13-20-15-31-28-27-20)22(30)26-21(16-1-2-16)17-3-5-19(6-4-17)25-9-12-29-10-7-24-8-11-29/h3-6,13,15-16,21,24-25H,1-2,7-12H2,(H,26,30). The summed E-state index contributed by atoms with van der Waals surface area (Å²) in [4.78, 5) is 15.1. The summed E-state index contributed by atoms with van der Waals surface area (Å²) in [6.45, 7) is 6.22. The van der Waals surface area contributed by atoms with E-state index in [0.29, 0.717) is 11.6 Å². The van der Waals surface area contributed by atoms with Crippen LogP contribution in [0.15, 0.2) is 40.6 Å². The molecular formula is C22H27N7O2. The number of carbonyl (C=O) groups is 1. The average molecular weight is 422 g/mol. The molecule has 3 N–H and O–H groups in total. The normalized spacial score (nSPS) is 18.2. The lowest BCUT2D eigenvalue weighted by atomic mass is 10.0. The number of nitrogens with one attached hydrogen (secondary N) is 3. The lowest BCUT2D eigenvalue weighted by molar-refractivity contribution is -0.117. The van der Waals surface area contributed by atoms with E-state index in [2.05, 4.69) is 47.9 Å². The molecule has 0 radical (unpaired) electrons. The van der Waals surface area contributed by atoms with E-state index in [9.17, 15) is 10.1 Å². The Morgan fingerprint density at radius 2 is 2.10 bits per heavy atom. The third-order valence-electron chi connectivity index (χ3n) is 5.65. The van der Waals surface area contributed by atoms with Gasteiger partial charge in [0, 0.05) is 50.2 Å². The molecule has 2 aliphatic rings. The summed E-state index contributed by atoms with van der Waals surface area (Å²) in [5, 5.41) is 26.3. The van der Waals surface area contributed by atoms with Crippen LogP contribution in [0.25, 0.3) is 6.08 Å². The van der Waals surface area contributed by atoms with E-state index in [-0.39, 0.29) is 11.6 Å². The van der Waals surface area contributed by atoms with Gasteiger partial charge in [-0.15, -0.1) is 5.10 Å². The average Bonchev–Trinajstić information content (AvgIpc) is 3.52. The highest BCUT2D eigenvalue weighted by Gasteiger charge is 2.34. The number of piperazine rings is 1. The largest absolute Gasteiger partial charge is 0.384 e. The monoisotopic (exact) mass is 421 g/mol.